The molecule has 4 heteroatoms. The molecular weight excluding hydrogens is 280 g/mol. The van der Waals surface area contributed by atoms with Gasteiger partial charge in [0.25, 0.3) is 0 Å². The molecule has 0 radical (unpaired) electrons. The van der Waals surface area contributed by atoms with Gasteiger partial charge in [-0.1, -0.05) is 30.3 Å². The zero-order valence-electron chi connectivity index (χ0n) is 13.3. The largest absolute Gasteiger partial charge is 0.459 e. The van der Waals surface area contributed by atoms with E-state index < -0.39 is 17.0 Å². The van der Waals surface area contributed by atoms with Crippen LogP contribution in [0.25, 0.3) is 0 Å². The van der Waals surface area contributed by atoms with Gasteiger partial charge in [-0.25, -0.2) is 0 Å². The van der Waals surface area contributed by atoms with Gasteiger partial charge in [0, 0.05) is 12.0 Å². The van der Waals surface area contributed by atoms with Crippen LogP contribution in [-0.2, 0) is 20.7 Å². The molecule has 0 N–H and O–H groups in total. The summed E-state index contributed by atoms with van der Waals surface area (Å²) in [6, 6.07) is 7.11. The number of carbonyl (C=O) groups excluding carboxylic acids is 3. The van der Waals surface area contributed by atoms with Crippen LogP contribution in [-0.4, -0.2) is 23.1 Å². The van der Waals surface area contributed by atoms with Gasteiger partial charge in [-0.3, -0.25) is 14.4 Å². The Balaban J connectivity index is 2.48. The highest BCUT2D eigenvalue weighted by Gasteiger charge is 2.51. The predicted molar refractivity (Wildman–Crippen MR) is 82.6 cm³/mol. The third kappa shape index (κ3) is 3.01. The van der Waals surface area contributed by atoms with E-state index in [1.165, 1.54) is 19.1 Å². The summed E-state index contributed by atoms with van der Waals surface area (Å²) < 4.78 is 5.44. The quantitative estimate of drug-likeness (QED) is 0.489. The number of fused-ring (bicyclic) bond motifs is 1. The van der Waals surface area contributed by atoms with Crippen LogP contribution >= 0.6 is 0 Å². The zero-order chi connectivity index (χ0) is 16.5. The highest BCUT2D eigenvalue weighted by molar-refractivity contribution is 6.18. The van der Waals surface area contributed by atoms with Crippen molar-refractivity contribution in [2.24, 2.45) is 5.41 Å². The lowest BCUT2D eigenvalue weighted by Crippen LogP contribution is -2.41. The smallest absolute Gasteiger partial charge is 0.324 e. The summed E-state index contributed by atoms with van der Waals surface area (Å²) in [6.45, 7) is 6.63. The molecule has 0 saturated carbocycles. The molecule has 1 aliphatic rings. The Morgan fingerprint density at radius 1 is 1.23 bits per heavy atom. The predicted octanol–water partition coefficient (Wildman–Crippen LogP) is 2.90. The van der Waals surface area contributed by atoms with Crippen molar-refractivity contribution in [2.75, 3.05) is 0 Å². The zero-order valence-corrected chi connectivity index (χ0v) is 13.3. The summed E-state index contributed by atoms with van der Waals surface area (Å²) in [5, 5.41) is 0. The van der Waals surface area contributed by atoms with Gasteiger partial charge in [0.05, 0.1) is 0 Å². The van der Waals surface area contributed by atoms with Gasteiger partial charge in [-0.2, -0.15) is 0 Å². The molecule has 0 amide bonds. The first-order chi connectivity index (χ1) is 10.2. The minimum atomic E-state index is -1.44. The average molecular weight is 300 g/mol. The standard InChI is InChI=1S/C18H20O4/c1-12(19)9-10-18(16(21)22-17(2,3)4)11-13-7-5-6-8-14(13)15(18)20/h5-10H,11H2,1-4H3/b10-9+/t18-/m1/s1. The van der Waals surface area contributed by atoms with E-state index in [0.29, 0.717) is 5.56 Å². The monoisotopic (exact) mass is 300 g/mol. The van der Waals surface area contributed by atoms with Crippen molar-refractivity contribution in [1.82, 2.24) is 0 Å². The molecule has 1 aromatic carbocycles. The van der Waals surface area contributed by atoms with E-state index in [-0.39, 0.29) is 18.0 Å². The van der Waals surface area contributed by atoms with Gasteiger partial charge in [-0.05, 0) is 39.3 Å². The normalized spacial score (nSPS) is 21.0. The van der Waals surface area contributed by atoms with E-state index in [0.717, 1.165) is 5.56 Å². The van der Waals surface area contributed by atoms with Crippen LogP contribution in [0.15, 0.2) is 36.4 Å². The Labute approximate surface area is 130 Å². The van der Waals surface area contributed by atoms with E-state index in [2.05, 4.69) is 0 Å². The molecule has 0 bridgehead atoms. The van der Waals surface area contributed by atoms with Crippen LogP contribution in [0.2, 0.25) is 0 Å². The third-order valence-corrected chi connectivity index (χ3v) is 3.50. The van der Waals surface area contributed by atoms with Crippen molar-refractivity contribution in [2.45, 2.75) is 39.7 Å². The maximum atomic E-state index is 12.8. The SMILES string of the molecule is CC(=O)/C=C/[C@@]1(C(=O)OC(C)(C)C)Cc2ccccc2C1=O. The van der Waals surface area contributed by atoms with E-state index in [1.54, 1.807) is 32.9 Å². The number of benzene rings is 1. The van der Waals surface area contributed by atoms with Crippen molar-refractivity contribution in [3.8, 4) is 0 Å². The van der Waals surface area contributed by atoms with Crippen LogP contribution in [0.4, 0.5) is 0 Å². The summed E-state index contributed by atoms with van der Waals surface area (Å²) in [5.74, 6) is -1.14. The molecule has 0 spiro atoms. The molecular formula is C18H20O4. The molecule has 22 heavy (non-hydrogen) atoms. The van der Waals surface area contributed by atoms with Crippen molar-refractivity contribution in [3.05, 3.63) is 47.5 Å². The minimum absolute atomic E-state index is 0.216. The molecule has 0 aliphatic heterocycles. The summed E-state index contributed by atoms with van der Waals surface area (Å²) in [4.78, 5) is 36.7. The van der Waals surface area contributed by atoms with Gasteiger partial charge in [0.15, 0.2) is 17.0 Å². The molecule has 0 fully saturated rings. The van der Waals surface area contributed by atoms with Crippen LogP contribution in [0, 0.1) is 5.41 Å². The molecule has 1 aliphatic carbocycles. The highest BCUT2D eigenvalue weighted by Crippen LogP contribution is 2.40. The first kappa shape index (κ1) is 16.1. The molecule has 4 nitrogen and oxygen atoms in total. The maximum absolute atomic E-state index is 12.8. The van der Waals surface area contributed by atoms with E-state index >= 15 is 0 Å². The summed E-state index contributed by atoms with van der Waals surface area (Å²) >= 11 is 0. The number of hydrogen-bond acceptors (Lipinski definition) is 4. The number of Topliss-reactive ketones (excluding diaryl/α,β-unsaturated/α-hetero) is 1. The lowest BCUT2D eigenvalue weighted by molar-refractivity contribution is -0.161. The van der Waals surface area contributed by atoms with Gasteiger partial charge in [0.2, 0.25) is 0 Å². The maximum Gasteiger partial charge on any atom is 0.324 e. The molecule has 0 saturated heterocycles. The number of ketones is 2. The third-order valence-electron chi connectivity index (χ3n) is 3.50. The Kier molecular flexibility index (Phi) is 4.05. The molecule has 1 atom stereocenters. The van der Waals surface area contributed by atoms with Crippen molar-refractivity contribution in [3.63, 3.8) is 0 Å². The Morgan fingerprint density at radius 3 is 2.41 bits per heavy atom. The second-order valence-corrected chi connectivity index (χ2v) is 6.58. The van der Waals surface area contributed by atoms with Crippen molar-refractivity contribution < 1.29 is 19.1 Å². The fourth-order valence-electron chi connectivity index (χ4n) is 2.51. The number of rotatable bonds is 3. The first-order valence-corrected chi connectivity index (χ1v) is 7.22. The lowest BCUT2D eigenvalue weighted by Gasteiger charge is -2.27. The molecule has 0 heterocycles. The topological polar surface area (TPSA) is 60.4 Å². The number of ether oxygens (including phenoxy) is 1. The molecule has 0 aromatic heterocycles. The average Bonchev–Trinajstić information content (AvgIpc) is 2.69. The first-order valence-electron chi connectivity index (χ1n) is 7.22. The lowest BCUT2D eigenvalue weighted by atomic mass is 9.82. The second kappa shape index (κ2) is 5.52. The summed E-state index contributed by atoms with van der Waals surface area (Å²) in [5.41, 5.74) is -0.834. The second-order valence-electron chi connectivity index (χ2n) is 6.58. The van der Waals surface area contributed by atoms with Gasteiger partial charge < -0.3 is 4.74 Å². The van der Waals surface area contributed by atoms with Crippen molar-refractivity contribution in [1.29, 1.82) is 0 Å². The fraction of sp³-hybridized carbons (Fsp3) is 0.389. The summed E-state index contributed by atoms with van der Waals surface area (Å²) in [7, 11) is 0. The summed E-state index contributed by atoms with van der Waals surface area (Å²) in [6.07, 6.45) is 2.89. The van der Waals surface area contributed by atoms with Crippen molar-refractivity contribution >= 4 is 17.5 Å². The number of hydrogen-bond donors (Lipinski definition) is 0. The van der Waals surface area contributed by atoms with Gasteiger partial charge >= 0.3 is 5.97 Å². The van der Waals surface area contributed by atoms with E-state index in [1.807, 2.05) is 12.1 Å². The van der Waals surface area contributed by atoms with Crippen LogP contribution < -0.4 is 0 Å². The Morgan fingerprint density at radius 2 is 1.86 bits per heavy atom. The molecule has 1 aromatic rings. The minimum Gasteiger partial charge on any atom is -0.459 e. The number of allylic oxidation sites excluding steroid dienone is 1. The fourth-order valence-corrected chi connectivity index (χ4v) is 2.51. The molecule has 116 valence electrons. The highest BCUT2D eigenvalue weighted by atomic mass is 16.6. The van der Waals surface area contributed by atoms with E-state index in [4.69, 9.17) is 4.74 Å². The van der Waals surface area contributed by atoms with Gasteiger partial charge in [0.1, 0.15) is 5.60 Å². The van der Waals surface area contributed by atoms with Crippen LogP contribution in [0.5, 0.6) is 0 Å². The van der Waals surface area contributed by atoms with Crippen LogP contribution in [0.1, 0.15) is 43.6 Å². The number of esters is 1. The molecule has 0 unspecified atom stereocenters. The molecule has 2 rings (SSSR count). The Bertz CT molecular complexity index is 664. The van der Waals surface area contributed by atoms with Gasteiger partial charge in [-0.15, -0.1) is 0 Å². The van der Waals surface area contributed by atoms with E-state index in [9.17, 15) is 14.4 Å². The Hall–Kier alpha value is -2.23. The van der Waals surface area contributed by atoms with Crippen LogP contribution in [0.3, 0.4) is 0 Å². The number of carbonyl (C=O) groups is 3.